The monoisotopic (exact) mass is 411 g/mol. The van der Waals surface area contributed by atoms with E-state index in [0.717, 1.165) is 24.2 Å². The summed E-state index contributed by atoms with van der Waals surface area (Å²) in [6.45, 7) is 3.35. The van der Waals surface area contributed by atoms with Crippen LogP contribution >= 0.6 is 24.8 Å². The summed E-state index contributed by atoms with van der Waals surface area (Å²) in [6.07, 6.45) is -0.505. The van der Waals surface area contributed by atoms with Crippen LogP contribution in [0.25, 0.3) is 0 Å². The van der Waals surface area contributed by atoms with Crippen LogP contribution in [0.1, 0.15) is 23.3 Å². The first kappa shape index (κ1) is 23.4. The fourth-order valence-corrected chi connectivity index (χ4v) is 3.18. The number of β-amino-alcohol motifs (C(OH)–C–C–N with tert-alkyl or cyclic N) is 1. The Morgan fingerprint density at radius 1 is 0.889 bits per heavy atom. The number of hydrogen-bond acceptors (Lipinski definition) is 4. The van der Waals surface area contributed by atoms with Gasteiger partial charge in [-0.2, -0.15) is 0 Å². The molecule has 0 saturated carbocycles. The van der Waals surface area contributed by atoms with E-state index in [1.54, 1.807) is 0 Å². The van der Waals surface area contributed by atoms with E-state index in [0.29, 0.717) is 19.6 Å². The third kappa shape index (κ3) is 6.19. The highest BCUT2D eigenvalue weighted by Gasteiger charge is 2.26. The number of rotatable bonds is 5. The summed E-state index contributed by atoms with van der Waals surface area (Å²) < 4.78 is 0. The number of carbonyl (C=O) groups is 1. The number of carbonyl (C=O) groups excluding carboxylic acids is 1. The first-order valence-corrected chi connectivity index (χ1v) is 8.70. The Bertz CT molecular complexity index is 680. The quantitative estimate of drug-likeness (QED) is 0.792. The van der Waals surface area contributed by atoms with E-state index in [1.165, 1.54) is 0 Å². The van der Waals surface area contributed by atoms with Crippen molar-refractivity contribution < 1.29 is 9.90 Å². The molecule has 0 bridgehead atoms. The van der Waals surface area contributed by atoms with Crippen molar-refractivity contribution in [1.82, 2.24) is 9.80 Å². The molecule has 0 spiro atoms. The van der Waals surface area contributed by atoms with Crippen molar-refractivity contribution in [3.63, 3.8) is 0 Å². The number of benzene rings is 2. The predicted octanol–water partition coefficient (Wildman–Crippen LogP) is 2.41. The van der Waals surface area contributed by atoms with Gasteiger partial charge >= 0.3 is 0 Å². The number of amides is 1. The first-order valence-electron chi connectivity index (χ1n) is 8.70. The van der Waals surface area contributed by atoms with Gasteiger partial charge in [-0.25, -0.2) is 0 Å². The minimum absolute atomic E-state index is 0. The molecule has 1 aliphatic rings. The summed E-state index contributed by atoms with van der Waals surface area (Å²) in [7, 11) is 0. The van der Waals surface area contributed by atoms with Crippen LogP contribution < -0.4 is 5.73 Å². The second-order valence-electron chi connectivity index (χ2n) is 6.44. The molecule has 0 aliphatic carbocycles. The third-order valence-electron chi connectivity index (χ3n) is 4.72. The summed E-state index contributed by atoms with van der Waals surface area (Å²) in [5, 5.41) is 10.3. The van der Waals surface area contributed by atoms with E-state index in [4.69, 9.17) is 5.73 Å². The maximum atomic E-state index is 12.6. The Kier molecular flexibility index (Phi) is 9.77. The highest BCUT2D eigenvalue weighted by atomic mass is 35.5. The SMILES string of the molecule is Cl.Cl.NC(C(=O)N1CCN(CC(O)c2ccccc2)CC1)c1ccccc1. The van der Waals surface area contributed by atoms with E-state index in [2.05, 4.69) is 4.90 Å². The maximum absolute atomic E-state index is 12.6. The molecule has 1 amide bonds. The van der Waals surface area contributed by atoms with Gasteiger partial charge in [-0.3, -0.25) is 9.69 Å². The van der Waals surface area contributed by atoms with Gasteiger partial charge in [0.15, 0.2) is 0 Å². The van der Waals surface area contributed by atoms with Crippen LogP contribution in [0.3, 0.4) is 0 Å². The van der Waals surface area contributed by atoms with Crippen LogP contribution in [0.15, 0.2) is 60.7 Å². The van der Waals surface area contributed by atoms with Crippen LogP contribution in [0.5, 0.6) is 0 Å². The highest BCUT2D eigenvalue weighted by molar-refractivity contribution is 5.85. The average Bonchev–Trinajstić information content (AvgIpc) is 2.69. The lowest BCUT2D eigenvalue weighted by atomic mass is 10.1. The largest absolute Gasteiger partial charge is 0.387 e. The molecule has 2 aromatic carbocycles. The summed E-state index contributed by atoms with van der Waals surface area (Å²) in [4.78, 5) is 16.6. The minimum Gasteiger partial charge on any atom is -0.387 e. The lowest BCUT2D eigenvalue weighted by molar-refractivity contribution is -0.134. The molecule has 1 saturated heterocycles. The second kappa shape index (κ2) is 11.3. The highest BCUT2D eigenvalue weighted by Crippen LogP contribution is 2.17. The molecule has 2 aromatic rings. The van der Waals surface area contributed by atoms with Crippen LogP contribution in [-0.2, 0) is 4.79 Å². The lowest BCUT2D eigenvalue weighted by Crippen LogP contribution is -2.51. The van der Waals surface area contributed by atoms with Gasteiger partial charge in [-0.15, -0.1) is 24.8 Å². The molecule has 1 heterocycles. The molecular formula is C20H27Cl2N3O2. The Hall–Kier alpha value is -1.63. The van der Waals surface area contributed by atoms with Gasteiger partial charge in [0.1, 0.15) is 6.04 Å². The van der Waals surface area contributed by atoms with Gasteiger partial charge in [0.2, 0.25) is 5.91 Å². The smallest absolute Gasteiger partial charge is 0.244 e. The molecule has 27 heavy (non-hydrogen) atoms. The zero-order chi connectivity index (χ0) is 17.6. The van der Waals surface area contributed by atoms with Crippen molar-refractivity contribution >= 4 is 30.7 Å². The number of halogens is 2. The number of nitrogens with zero attached hydrogens (tertiary/aromatic N) is 2. The van der Waals surface area contributed by atoms with Gasteiger partial charge in [0, 0.05) is 32.7 Å². The molecule has 2 atom stereocenters. The Morgan fingerprint density at radius 2 is 1.37 bits per heavy atom. The standard InChI is InChI=1S/C20H25N3O2.2ClH/c21-19(17-9-5-2-6-10-17)20(25)23-13-11-22(12-14-23)15-18(24)16-7-3-1-4-8-16;;/h1-10,18-19,24H,11-15,21H2;2*1H. The van der Waals surface area contributed by atoms with Gasteiger partial charge in [0.25, 0.3) is 0 Å². The van der Waals surface area contributed by atoms with Gasteiger partial charge in [0.05, 0.1) is 6.10 Å². The van der Waals surface area contributed by atoms with E-state index in [9.17, 15) is 9.90 Å². The van der Waals surface area contributed by atoms with Crippen molar-refractivity contribution in [2.75, 3.05) is 32.7 Å². The number of hydrogen-bond donors (Lipinski definition) is 2. The zero-order valence-electron chi connectivity index (χ0n) is 15.1. The van der Waals surface area contributed by atoms with E-state index >= 15 is 0 Å². The predicted molar refractivity (Wildman–Crippen MR) is 112 cm³/mol. The normalized spacial score (nSPS) is 16.6. The zero-order valence-corrected chi connectivity index (χ0v) is 16.7. The molecule has 1 aliphatic heterocycles. The van der Waals surface area contributed by atoms with Crippen LogP contribution in [0.2, 0.25) is 0 Å². The molecule has 3 rings (SSSR count). The van der Waals surface area contributed by atoms with Crippen LogP contribution in [0, 0.1) is 0 Å². The van der Waals surface area contributed by atoms with Crippen LogP contribution in [0.4, 0.5) is 0 Å². The fourth-order valence-electron chi connectivity index (χ4n) is 3.18. The Balaban J connectivity index is 0.00000182. The molecule has 7 heteroatoms. The van der Waals surface area contributed by atoms with Crippen molar-refractivity contribution in [2.45, 2.75) is 12.1 Å². The molecule has 148 valence electrons. The number of aliphatic hydroxyl groups excluding tert-OH is 1. The molecule has 1 fully saturated rings. The van der Waals surface area contributed by atoms with Crippen molar-refractivity contribution in [3.05, 3.63) is 71.8 Å². The average molecular weight is 412 g/mol. The van der Waals surface area contributed by atoms with Gasteiger partial charge in [-0.1, -0.05) is 60.7 Å². The van der Waals surface area contributed by atoms with E-state index in [-0.39, 0.29) is 30.7 Å². The first-order chi connectivity index (χ1) is 12.1. The van der Waals surface area contributed by atoms with Crippen LogP contribution in [-0.4, -0.2) is 53.5 Å². The van der Waals surface area contributed by atoms with Crippen molar-refractivity contribution in [3.8, 4) is 0 Å². The number of piperazine rings is 1. The molecule has 0 radical (unpaired) electrons. The molecule has 5 nitrogen and oxygen atoms in total. The van der Waals surface area contributed by atoms with Gasteiger partial charge in [-0.05, 0) is 11.1 Å². The molecule has 0 aromatic heterocycles. The topological polar surface area (TPSA) is 69.8 Å². The molecule has 2 unspecified atom stereocenters. The minimum atomic E-state index is -0.609. The van der Waals surface area contributed by atoms with Gasteiger partial charge < -0.3 is 15.7 Å². The fraction of sp³-hybridized carbons (Fsp3) is 0.350. The second-order valence-corrected chi connectivity index (χ2v) is 6.44. The van der Waals surface area contributed by atoms with Crippen molar-refractivity contribution in [1.29, 1.82) is 0 Å². The van der Waals surface area contributed by atoms with Crippen molar-refractivity contribution in [2.24, 2.45) is 5.73 Å². The Morgan fingerprint density at radius 3 is 1.89 bits per heavy atom. The summed E-state index contributed by atoms with van der Waals surface area (Å²) in [5.41, 5.74) is 7.88. The maximum Gasteiger partial charge on any atom is 0.244 e. The number of nitrogens with two attached hydrogens (primary N) is 1. The Labute approximate surface area is 173 Å². The lowest BCUT2D eigenvalue weighted by Gasteiger charge is -2.36. The third-order valence-corrected chi connectivity index (χ3v) is 4.72. The summed E-state index contributed by atoms with van der Waals surface area (Å²) in [6, 6.07) is 18.5. The number of aliphatic hydroxyl groups is 1. The molecular weight excluding hydrogens is 385 g/mol. The van der Waals surface area contributed by atoms with E-state index in [1.807, 2.05) is 65.6 Å². The summed E-state index contributed by atoms with van der Waals surface area (Å²) in [5.74, 6) is -0.0329. The summed E-state index contributed by atoms with van der Waals surface area (Å²) >= 11 is 0. The molecule has 3 N–H and O–H groups in total. The van der Waals surface area contributed by atoms with E-state index < -0.39 is 12.1 Å².